The summed E-state index contributed by atoms with van der Waals surface area (Å²) in [6, 6.07) is 17.2. The van der Waals surface area contributed by atoms with Crippen molar-refractivity contribution < 1.29 is 13.2 Å². The maximum atomic E-state index is 12.2. The van der Waals surface area contributed by atoms with Crippen LogP contribution in [0.4, 0.5) is 5.69 Å². The average Bonchev–Trinajstić information content (AvgIpc) is 2.54. The standard InChI is InChI=1S/C20H26N2O3S/c1-22(2)15-18-10-6-12-19(14-18)21-20(23)16-26(24,25)13-7-11-17-8-4-3-5-9-17/h3-6,8-10,12,14H,7,11,13,15-16H2,1-2H3,(H,21,23). The molecule has 0 aliphatic heterocycles. The highest BCUT2D eigenvalue weighted by atomic mass is 32.2. The summed E-state index contributed by atoms with van der Waals surface area (Å²) >= 11 is 0. The number of carbonyl (C=O) groups excluding carboxylic acids is 1. The number of hydrogen-bond acceptors (Lipinski definition) is 4. The first-order valence-electron chi connectivity index (χ1n) is 8.62. The van der Waals surface area contributed by atoms with E-state index in [9.17, 15) is 13.2 Å². The minimum atomic E-state index is -3.42. The lowest BCUT2D eigenvalue weighted by Crippen LogP contribution is -2.25. The summed E-state index contributed by atoms with van der Waals surface area (Å²) in [7, 11) is 0.511. The highest BCUT2D eigenvalue weighted by Crippen LogP contribution is 2.12. The van der Waals surface area contributed by atoms with E-state index in [1.165, 1.54) is 0 Å². The molecule has 5 nitrogen and oxygen atoms in total. The normalized spacial score (nSPS) is 11.5. The van der Waals surface area contributed by atoms with E-state index >= 15 is 0 Å². The number of benzene rings is 2. The summed E-state index contributed by atoms with van der Waals surface area (Å²) in [4.78, 5) is 14.1. The van der Waals surface area contributed by atoms with Crippen LogP contribution < -0.4 is 5.32 Å². The minimum Gasteiger partial charge on any atom is -0.325 e. The predicted octanol–water partition coefficient (Wildman–Crippen LogP) is 2.73. The molecule has 0 saturated heterocycles. The number of sulfone groups is 1. The molecule has 0 radical (unpaired) electrons. The third-order valence-corrected chi connectivity index (χ3v) is 5.44. The lowest BCUT2D eigenvalue weighted by molar-refractivity contribution is -0.113. The van der Waals surface area contributed by atoms with Crippen LogP contribution in [0.5, 0.6) is 0 Å². The Hall–Kier alpha value is -2.18. The summed E-state index contributed by atoms with van der Waals surface area (Å²) < 4.78 is 24.3. The van der Waals surface area contributed by atoms with Crippen LogP contribution in [0.25, 0.3) is 0 Å². The molecular weight excluding hydrogens is 348 g/mol. The Bertz CT molecular complexity index is 818. The molecule has 140 valence electrons. The predicted molar refractivity (Wildman–Crippen MR) is 106 cm³/mol. The summed E-state index contributed by atoms with van der Waals surface area (Å²) in [6.07, 6.45) is 1.20. The lowest BCUT2D eigenvalue weighted by atomic mass is 10.1. The highest BCUT2D eigenvalue weighted by Gasteiger charge is 2.16. The molecule has 2 aromatic carbocycles. The molecule has 26 heavy (non-hydrogen) atoms. The van der Waals surface area contributed by atoms with Gasteiger partial charge in [0.1, 0.15) is 5.75 Å². The van der Waals surface area contributed by atoms with Gasteiger partial charge in [0.15, 0.2) is 9.84 Å². The molecule has 0 atom stereocenters. The monoisotopic (exact) mass is 374 g/mol. The molecule has 2 aromatic rings. The molecule has 0 bridgehead atoms. The van der Waals surface area contributed by atoms with Crippen molar-refractivity contribution in [3.8, 4) is 0 Å². The van der Waals surface area contributed by atoms with Crippen molar-refractivity contribution in [2.45, 2.75) is 19.4 Å². The van der Waals surface area contributed by atoms with E-state index in [0.29, 0.717) is 18.5 Å². The van der Waals surface area contributed by atoms with Crippen LogP contribution >= 0.6 is 0 Å². The van der Waals surface area contributed by atoms with Crippen molar-refractivity contribution in [3.63, 3.8) is 0 Å². The van der Waals surface area contributed by atoms with Crippen LogP contribution in [0.2, 0.25) is 0 Å². The number of nitrogens with zero attached hydrogens (tertiary/aromatic N) is 1. The molecular formula is C20H26N2O3S. The van der Waals surface area contributed by atoms with Gasteiger partial charge in [-0.05, 0) is 50.2 Å². The van der Waals surface area contributed by atoms with Gasteiger partial charge in [0, 0.05) is 12.2 Å². The third kappa shape index (κ3) is 7.37. The molecule has 6 heteroatoms. The summed E-state index contributed by atoms with van der Waals surface area (Å²) in [6.45, 7) is 0.751. The molecule has 0 aromatic heterocycles. The largest absolute Gasteiger partial charge is 0.325 e. The first kappa shape index (κ1) is 20.1. The third-order valence-electron chi connectivity index (χ3n) is 3.82. The van der Waals surface area contributed by atoms with Gasteiger partial charge < -0.3 is 10.2 Å². The highest BCUT2D eigenvalue weighted by molar-refractivity contribution is 7.92. The van der Waals surface area contributed by atoms with Crippen molar-refractivity contribution in [1.82, 2.24) is 4.90 Å². The van der Waals surface area contributed by atoms with Crippen molar-refractivity contribution in [2.24, 2.45) is 0 Å². The van der Waals surface area contributed by atoms with E-state index < -0.39 is 21.5 Å². The zero-order valence-electron chi connectivity index (χ0n) is 15.3. The molecule has 0 saturated carbocycles. The van der Waals surface area contributed by atoms with Gasteiger partial charge in [-0.15, -0.1) is 0 Å². The van der Waals surface area contributed by atoms with Crippen LogP contribution in [-0.4, -0.2) is 44.8 Å². The summed E-state index contributed by atoms with van der Waals surface area (Å²) in [5.41, 5.74) is 2.78. The fourth-order valence-electron chi connectivity index (χ4n) is 2.72. The zero-order chi connectivity index (χ0) is 19.0. The summed E-state index contributed by atoms with van der Waals surface area (Å²) in [5, 5.41) is 2.68. The first-order valence-corrected chi connectivity index (χ1v) is 10.4. The molecule has 1 amide bonds. The van der Waals surface area contributed by atoms with Crippen LogP contribution in [0.15, 0.2) is 54.6 Å². The Kier molecular flexibility index (Phi) is 7.36. The van der Waals surface area contributed by atoms with E-state index in [2.05, 4.69) is 5.32 Å². The molecule has 1 N–H and O–H groups in total. The van der Waals surface area contributed by atoms with Gasteiger partial charge in [0.25, 0.3) is 0 Å². The Morgan fingerprint density at radius 3 is 2.38 bits per heavy atom. The van der Waals surface area contributed by atoms with Crippen LogP contribution in [-0.2, 0) is 27.6 Å². The Balaban J connectivity index is 1.84. The number of anilines is 1. The minimum absolute atomic E-state index is 0.00990. The van der Waals surface area contributed by atoms with Crippen molar-refractivity contribution in [3.05, 3.63) is 65.7 Å². The van der Waals surface area contributed by atoms with E-state index in [-0.39, 0.29) is 5.75 Å². The number of carbonyl (C=O) groups is 1. The molecule has 0 fully saturated rings. The Morgan fingerprint density at radius 2 is 1.69 bits per heavy atom. The van der Waals surface area contributed by atoms with Crippen LogP contribution in [0.3, 0.4) is 0 Å². The van der Waals surface area contributed by atoms with Gasteiger partial charge in [0.2, 0.25) is 5.91 Å². The smallest absolute Gasteiger partial charge is 0.239 e. The second-order valence-corrected chi connectivity index (χ2v) is 8.85. The Labute approximate surface area is 156 Å². The number of nitrogens with one attached hydrogen (secondary N) is 1. The van der Waals surface area contributed by atoms with Gasteiger partial charge in [-0.3, -0.25) is 4.79 Å². The maximum absolute atomic E-state index is 12.2. The molecule has 0 aliphatic carbocycles. The van der Waals surface area contributed by atoms with E-state index in [0.717, 1.165) is 17.7 Å². The molecule has 0 heterocycles. The molecule has 2 rings (SSSR count). The fourth-order valence-corrected chi connectivity index (χ4v) is 3.92. The Morgan fingerprint density at radius 1 is 1.00 bits per heavy atom. The zero-order valence-corrected chi connectivity index (χ0v) is 16.1. The number of aryl methyl sites for hydroxylation is 1. The lowest BCUT2D eigenvalue weighted by Gasteiger charge is -2.11. The molecule has 0 unspecified atom stereocenters. The van der Waals surface area contributed by atoms with Gasteiger partial charge in [0.05, 0.1) is 5.75 Å². The molecule has 0 aliphatic rings. The van der Waals surface area contributed by atoms with Crippen molar-refractivity contribution in [2.75, 3.05) is 30.9 Å². The maximum Gasteiger partial charge on any atom is 0.239 e. The van der Waals surface area contributed by atoms with Crippen molar-refractivity contribution >= 4 is 21.4 Å². The second kappa shape index (κ2) is 9.50. The van der Waals surface area contributed by atoms with Gasteiger partial charge in [-0.1, -0.05) is 42.5 Å². The quantitative estimate of drug-likeness (QED) is 0.733. The second-order valence-electron chi connectivity index (χ2n) is 6.67. The van der Waals surface area contributed by atoms with E-state index in [1.54, 1.807) is 6.07 Å². The SMILES string of the molecule is CN(C)Cc1cccc(NC(=O)CS(=O)(=O)CCCc2ccccc2)c1. The van der Waals surface area contributed by atoms with Gasteiger partial charge in [-0.2, -0.15) is 0 Å². The topological polar surface area (TPSA) is 66.5 Å². The van der Waals surface area contributed by atoms with Gasteiger partial charge in [-0.25, -0.2) is 8.42 Å². The van der Waals surface area contributed by atoms with Crippen LogP contribution in [0.1, 0.15) is 17.5 Å². The first-order chi connectivity index (χ1) is 12.3. The van der Waals surface area contributed by atoms with E-state index in [1.807, 2.05) is 67.5 Å². The fraction of sp³-hybridized carbons (Fsp3) is 0.350. The van der Waals surface area contributed by atoms with Crippen molar-refractivity contribution in [1.29, 1.82) is 0 Å². The number of hydrogen-bond donors (Lipinski definition) is 1. The number of amides is 1. The van der Waals surface area contributed by atoms with E-state index in [4.69, 9.17) is 0 Å². The molecule has 0 spiro atoms. The average molecular weight is 375 g/mol. The summed E-state index contributed by atoms with van der Waals surface area (Å²) in [5.74, 6) is -0.970. The van der Waals surface area contributed by atoms with Gasteiger partial charge >= 0.3 is 0 Å². The van der Waals surface area contributed by atoms with Crippen LogP contribution in [0, 0.1) is 0 Å². The number of rotatable bonds is 9.